The molecular formula is C16H22N4O3. The zero-order valence-corrected chi connectivity index (χ0v) is 13.4. The summed E-state index contributed by atoms with van der Waals surface area (Å²) in [6.45, 7) is 0.671. The molecule has 1 saturated heterocycles. The van der Waals surface area contributed by atoms with Gasteiger partial charge >= 0.3 is 6.03 Å². The van der Waals surface area contributed by atoms with Gasteiger partial charge in [0.15, 0.2) is 0 Å². The molecule has 1 aromatic rings. The van der Waals surface area contributed by atoms with Crippen LogP contribution in [0.1, 0.15) is 12.8 Å². The summed E-state index contributed by atoms with van der Waals surface area (Å²) >= 11 is 0. The minimum Gasteiger partial charge on any atom is -0.341 e. The normalized spacial score (nSPS) is 18.0. The zero-order valence-electron chi connectivity index (χ0n) is 13.4. The number of hydrogen-bond acceptors (Lipinski definition) is 4. The zero-order chi connectivity index (χ0) is 16.8. The van der Waals surface area contributed by atoms with E-state index in [1.54, 1.807) is 16.8 Å². The van der Waals surface area contributed by atoms with Crippen molar-refractivity contribution < 1.29 is 14.4 Å². The highest BCUT2D eigenvalue weighted by Crippen LogP contribution is 2.22. The molecule has 1 unspecified atom stereocenters. The molecule has 0 bridgehead atoms. The Kier molecular flexibility index (Phi) is 5.70. The number of para-hydroxylation sites is 1. The summed E-state index contributed by atoms with van der Waals surface area (Å²) in [7, 11) is 3.16. The molecule has 1 aliphatic rings. The van der Waals surface area contributed by atoms with Crippen molar-refractivity contribution in [2.24, 2.45) is 0 Å². The third-order valence-electron chi connectivity index (χ3n) is 3.88. The second-order valence-corrected chi connectivity index (χ2v) is 5.53. The van der Waals surface area contributed by atoms with Gasteiger partial charge in [-0.05, 0) is 32.0 Å². The van der Waals surface area contributed by atoms with Crippen molar-refractivity contribution in [3.8, 4) is 0 Å². The average molecular weight is 318 g/mol. The van der Waals surface area contributed by atoms with Crippen molar-refractivity contribution in [3.63, 3.8) is 0 Å². The molecule has 1 aromatic carbocycles. The first-order chi connectivity index (χ1) is 11.0. The lowest BCUT2D eigenvalue weighted by Crippen LogP contribution is -2.54. The van der Waals surface area contributed by atoms with Gasteiger partial charge in [-0.2, -0.15) is 0 Å². The van der Waals surface area contributed by atoms with Crippen LogP contribution < -0.4 is 15.5 Å². The molecule has 124 valence electrons. The van der Waals surface area contributed by atoms with Crippen LogP contribution in [0.5, 0.6) is 0 Å². The second kappa shape index (κ2) is 7.73. The molecule has 0 aromatic heterocycles. The highest BCUT2D eigenvalue weighted by Gasteiger charge is 2.33. The van der Waals surface area contributed by atoms with Gasteiger partial charge in [-0.1, -0.05) is 18.2 Å². The molecule has 23 heavy (non-hydrogen) atoms. The van der Waals surface area contributed by atoms with Crippen LogP contribution >= 0.6 is 0 Å². The Morgan fingerprint density at radius 1 is 1.30 bits per heavy atom. The molecule has 1 atom stereocenters. The summed E-state index contributed by atoms with van der Waals surface area (Å²) in [5, 5.41) is 4.52. The van der Waals surface area contributed by atoms with Gasteiger partial charge in [-0.25, -0.2) is 4.79 Å². The molecule has 7 heteroatoms. The van der Waals surface area contributed by atoms with E-state index in [1.165, 1.54) is 7.05 Å². The number of nitrogens with one attached hydrogen (secondary N) is 2. The first kappa shape index (κ1) is 17.0. The second-order valence-electron chi connectivity index (χ2n) is 5.53. The topological polar surface area (TPSA) is 81.8 Å². The predicted molar refractivity (Wildman–Crippen MR) is 87.0 cm³/mol. The van der Waals surface area contributed by atoms with Gasteiger partial charge in [-0.15, -0.1) is 0 Å². The molecule has 0 radical (unpaired) electrons. The van der Waals surface area contributed by atoms with Crippen molar-refractivity contribution in [2.45, 2.75) is 18.9 Å². The molecule has 1 fully saturated rings. The number of piperidine rings is 1. The summed E-state index contributed by atoms with van der Waals surface area (Å²) in [6.07, 6.45) is 1.57. The van der Waals surface area contributed by atoms with Crippen LogP contribution in [0, 0.1) is 0 Å². The number of rotatable bonds is 4. The predicted octanol–water partition coefficient (Wildman–Crippen LogP) is 0.569. The quantitative estimate of drug-likeness (QED) is 0.850. The van der Waals surface area contributed by atoms with E-state index >= 15 is 0 Å². The lowest BCUT2D eigenvalue weighted by atomic mass is 10.0. The van der Waals surface area contributed by atoms with E-state index in [4.69, 9.17) is 0 Å². The third-order valence-corrected chi connectivity index (χ3v) is 3.88. The van der Waals surface area contributed by atoms with Crippen LogP contribution in [-0.4, -0.2) is 56.0 Å². The number of nitrogens with zero attached hydrogens (tertiary/aromatic N) is 2. The Hall–Kier alpha value is -2.41. The largest absolute Gasteiger partial charge is 0.341 e. The number of likely N-dealkylation sites (N-methyl/N-ethyl adjacent to an activating group) is 1. The molecular weight excluding hydrogens is 296 g/mol. The number of carbonyl (C=O) groups excluding carboxylic acids is 3. The smallest absolute Gasteiger partial charge is 0.321 e. The fourth-order valence-corrected chi connectivity index (χ4v) is 2.69. The van der Waals surface area contributed by atoms with Crippen molar-refractivity contribution in [2.75, 3.05) is 32.1 Å². The van der Waals surface area contributed by atoms with E-state index in [-0.39, 0.29) is 18.5 Å². The van der Waals surface area contributed by atoms with E-state index in [0.717, 1.165) is 12.1 Å². The van der Waals surface area contributed by atoms with Gasteiger partial charge in [0.1, 0.15) is 0 Å². The van der Waals surface area contributed by atoms with Crippen LogP contribution in [0.4, 0.5) is 10.5 Å². The Morgan fingerprint density at radius 2 is 2.00 bits per heavy atom. The Bertz CT molecular complexity index is 576. The van der Waals surface area contributed by atoms with Gasteiger partial charge in [0.2, 0.25) is 11.8 Å². The molecule has 4 amide bonds. The number of amides is 4. The summed E-state index contributed by atoms with van der Waals surface area (Å²) in [6, 6.07) is 8.59. The Morgan fingerprint density at radius 3 is 2.65 bits per heavy atom. The Labute approximate surface area is 135 Å². The summed E-state index contributed by atoms with van der Waals surface area (Å²) in [4.78, 5) is 39.1. The maximum Gasteiger partial charge on any atom is 0.321 e. The molecule has 7 nitrogen and oxygen atoms in total. The number of benzene rings is 1. The van der Waals surface area contributed by atoms with Crippen LogP contribution in [-0.2, 0) is 9.59 Å². The fourth-order valence-electron chi connectivity index (χ4n) is 2.69. The van der Waals surface area contributed by atoms with Gasteiger partial charge in [-0.3, -0.25) is 19.8 Å². The first-order valence-corrected chi connectivity index (χ1v) is 7.61. The number of carbonyl (C=O) groups is 3. The SMILES string of the molecule is CNC(=O)NC(=O)CN(C)C1CCCN(c2ccccc2)C1=O. The number of anilines is 1. The minimum atomic E-state index is -0.552. The Balaban J connectivity index is 2.00. The van der Waals surface area contributed by atoms with E-state index in [0.29, 0.717) is 13.0 Å². The van der Waals surface area contributed by atoms with Gasteiger partial charge in [0.25, 0.3) is 0 Å². The molecule has 1 heterocycles. The molecule has 2 N–H and O–H groups in total. The standard InChI is InChI=1S/C16H22N4O3/c1-17-16(23)18-14(21)11-19(2)13-9-6-10-20(15(13)22)12-7-4-3-5-8-12/h3-5,7-8,13H,6,9-11H2,1-2H3,(H2,17,18,21,23). The van der Waals surface area contributed by atoms with Crippen LogP contribution in [0.25, 0.3) is 0 Å². The third kappa shape index (κ3) is 4.29. The van der Waals surface area contributed by atoms with Crippen molar-refractivity contribution in [3.05, 3.63) is 30.3 Å². The monoisotopic (exact) mass is 318 g/mol. The van der Waals surface area contributed by atoms with Gasteiger partial charge < -0.3 is 10.2 Å². The number of imide groups is 1. The van der Waals surface area contributed by atoms with Crippen molar-refractivity contribution in [1.82, 2.24) is 15.5 Å². The molecule has 1 aliphatic heterocycles. The molecule has 0 spiro atoms. The maximum absolute atomic E-state index is 12.7. The summed E-state index contributed by atoms with van der Waals surface area (Å²) in [5.74, 6) is -0.450. The minimum absolute atomic E-state index is 0.00748. The maximum atomic E-state index is 12.7. The molecule has 0 saturated carbocycles. The number of hydrogen-bond donors (Lipinski definition) is 2. The summed E-state index contributed by atoms with van der Waals surface area (Å²) < 4.78 is 0. The number of urea groups is 1. The van der Waals surface area contributed by atoms with Crippen LogP contribution in [0.3, 0.4) is 0 Å². The van der Waals surface area contributed by atoms with Crippen LogP contribution in [0.2, 0.25) is 0 Å². The summed E-state index contributed by atoms with van der Waals surface area (Å²) in [5.41, 5.74) is 0.866. The van der Waals surface area contributed by atoms with E-state index in [9.17, 15) is 14.4 Å². The van der Waals surface area contributed by atoms with Crippen LogP contribution in [0.15, 0.2) is 30.3 Å². The van der Waals surface area contributed by atoms with E-state index in [2.05, 4.69) is 10.6 Å². The van der Waals surface area contributed by atoms with Gasteiger partial charge in [0, 0.05) is 19.3 Å². The van der Waals surface area contributed by atoms with Gasteiger partial charge in [0.05, 0.1) is 12.6 Å². The first-order valence-electron chi connectivity index (χ1n) is 7.61. The fraction of sp³-hybridized carbons (Fsp3) is 0.438. The van der Waals surface area contributed by atoms with Crippen molar-refractivity contribution in [1.29, 1.82) is 0 Å². The molecule has 2 rings (SSSR count). The highest BCUT2D eigenvalue weighted by molar-refractivity contribution is 5.99. The molecule has 0 aliphatic carbocycles. The average Bonchev–Trinajstić information content (AvgIpc) is 2.55. The van der Waals surface area contributed by atoms with E-state index in [1.807, 2.05) is 30.3 Å². The lowest BCUT2D eigenvalue weighted by molar-refractivity contribution is -0.127. The van der Waals surface area contributed by atoms with E-state index < -0.39 is 11.9 Å². The van der Waals surface area contributed by atoms with Crippen molar-refractivity contribution >= 4 is 23.5 Å². The highest BCUT2D eigenvalue weighted by atomic mass is 16.2. The lowest BCUT2D eigenvalue weighted by Gasteiger charge is -2.36.